The number of urea groups is 1. The van der Waals surface area contributed by atoms with Gasteiger partial charge in [-0.1, -0.05) is 35.9 Å². The number of amides is 3. The molecule has 2 unspecified atom stereocenters. The van der Waals surface area contributed by atoms with Crippen LogP contribution in [0.25, 0.3) is 0 Å². The molecule has 2 atom stereocenters. The third-order valence-corrected chi connectivity index (χ3v) is 4.77. The summed E-state index contributed by atoms with van der Waals surface area (Å²) in [5.41, 5.74) is 6.78. The monoisotopic (exact) mass is 403 g/mol. The first kappa shape index (κ1) is 19.8. The fraction of sp³-hybridized carbons (Fsp3) is 0.300. The van der Waals surface area contributed by atoms with Gasteiger partial charge < -0.3 is 25.8 Å². The number of hydrogen-bond acceptors (Lipinski definition) is 4. The minimum absolute atomic E-state index is 0.00155. The number of carbonyl (C=O) groups is 2. The summed E-state index contributed by atoms with van der Waals surface area (Å²) in [6.45, 7) is 2.89. The molecule has 0 aromatic heterocycles. The third-order valence-electron chi connectivity index (χ3n) is 4.43. The van der Waals surface area contributed by atoms with Crippen molar-refractivity contribution in [2.75, 3.05) is 13.2 Å². The summed E-state index contributed by atoms with van der Waals surface area (Å²) in [6.07, 6.45) is 0.00155. The first-order valence-electron chi connectivity index (χ1n) is 8.93. The zero-order chi connectivity index (χ0) is 20.1. The molecule has 0 radical (unpaired) electrons. The Morgan fingerprint density at radius 2 is 1.82 bits per heavy atom. The van der Waals surface area contributed by atoms with E-state index in [1.165, 1.54) is 0 Å². The van der Waals surface area contributed by atoms with Crippen LogP contribution in [0.4, 0.5) is 4.79 Å². The van der Waals surface area contributed by atoms with E-state index < -0.39 is 12.1 Å². The SMILES string of the molecule is CC(NC(=O)CC(NC(N)=O)c1ccccc1Cl)c1ccc2c(c1)OCCO2. The van der Waals surface area contributed by atoms with E-state index in [4.69, 9.17) is 26.8 Å². The van der Waals surface area contributed by atoms with E-state index in [2.05, 4.69) is 10.6 Å². The van der Waals surface area contributed by atoms with Crippen molar-refractivity contribution in [2.24, 2.45) is 5.73 Å². The van der Waals surface area contributed by atoms with E-state index in [1.807, 2.05) is 25.1 Å². The highest BCUT2D eigenvalue weighted by Crippen LogP contribution is 2.32. The number of benzene rings is 2. The van der Waals surface area contributed by atoms with Gasteiger partial charge in [-0.15, -0.1) is 0 Å². The maximum atomic E-state index is 12.6. The Hall–Kier alpha value is -2.93. The first-order chi connectivity index (χ1) is 13.4. The zero-order valence-corrected chi connectivity index (χ0v) is 16.2. The molecule has 4 N–H and O–H groups in total. The number of ether oxygens (including phenoxy) is 2. The van der Waals surface area contributed by atoms with Crippen LogP contribution in [0, 0.1) is 0 Å². The second-order valence-electron chi connectivity index (χ2n) is 6.48. The molecule has 3 amide bonds. The van der Waals surface area contributed by atoms with Gasteiger partial charge >= 0.3 is 6.03 Å². The number of nitrogens with two attached hydrogens (primary N) is 1. The number of halogens is 1. The molecule has 1 aliphatic heterocycles. The molecule has 8 heteroatoms. The summed E-state index contributed by atoms with van der Waals surface area (Å²) in [7, 11) is 0. The van der Waals surface area contributed by atoms with Crippen LogP contribution in [0.3, 0.4) is 0 Å². The molecule has 0 bridgehead atoms. The Bertz CT molecular complexity index is 874. The Balaban J connectivity index is 1.68. The molecule has 28 heavy (non-hydrogen) atoms. The van der Waals surface area contributed by atoms with E-state index >= 15 is 0 Å². The highest BCUT2D eigenvalue weighted by atomic mass is 35.5. The minimum Gasteiger partial charge on any atom is -0.486 e. The normalized spacial score (nSPS) is 14.6. The lowest BCUT2D eigenvalue weighted by Gasteiger charge is -2.22. The molecule has 2 aromatic carbocycles. The molecular weight excluding hydrogens is 382 g/mol. The van der Waals surface area contributed by atoms with E-state index in [0.717, 1.165) is 5.56 Å². The molecule has 3 rings (SSSR count). The maximum Gasteiger partial charge on any atom is 0.312 e. The van der Waals surface area contributed by atoms with Crippen LogP contribution in [0.15, 0.2) is 42.5 Å². The van der Waals surface area contributed by atoms with Crippen molar-refractivity contribution in [1.29, 1.82) is 0 Å². The lowest BCUT2D eigenvalue weighted by atomic mass is 10.0. The van der Waals surface area contributed by atoms with Gasteiger partial charge in [-0.25, -0.2) is 4.79 Å². The van der Waals surface area contributed by atoms with Gasteiger partial charge in [0.15, 0.2) is 11.5 Å². The molecule has 1 aliphatic rings. The number of carbonyl (C=O) groups excluding carboxylic acids is 2. The van der Waals surface area contributed by atoms with E-state index in [9.17, 15) is 9.59 Å². The fourth-order valence-corrected chi connectivity index (χ4v) is 3.33. The lowest BCUT2D eigenvalue weighted by Crippen LogP contribution is -2.37. The van der Waals surface area contributed by atoms with Crippen molar-refractivity contribution in [3.63, 3.8) is 0 Å². The molecule has 0 fully saturated rings. The van der Waals surface area contributed by atoms with Gasteiger partial charge in [0.2, 0.25) is 5.91 Å². The minimum atomic E-state index is -0.724. The van der Waals surface area contributed by atoms with Crippen LogP contribution in [0.2, 0.25) is 5.02 Å². The molecular formula is C20H22ClN3O4. The Morgan fingerprint density at radius 3 is 2.54 bits per heavy atom. The molecule has 1 heterocycles. The summed E-state index contributed by atoms with van der Waals surface area (Å²) in [5, 5.41) is 5.96. The van der Waals surface area contributed by atoms with Crippen molar-refractivity contribution in [2.45, 2.75) is 25.4 Å². The second-order valence-corrected chi connectivity index (χ2v) is 6.89. The van der Waals surface area contributed by atoms with E-state index in [1.54, 1.807) is 24.3 Å². The van der Waals surface area contributed by atoms with Gasteiger partial charge in [-0.2, -0.15) is 0 Å². The lowest BCUT2D eigenvalue weighted by molar-refractivity contribution is -0.122. The number of nitrogens with one attached hydrogen (secondary N) is 2. The van der Waals surface area contributed by atoms with Gasteiger partial charge in [0.05, 0.1) is 18.5 Å². The molecule has 0 aliphatic carbocycles. The van der Waals surface area contributed by atoms with Gasteiger partial charge in [0.25, 0.3) is 0 Å². The topological polar surface area (TPSA) is 103 Å². The average molecular weight is 404 g/mol. The van der Waals surface area contributed by atoms with Crippen LogP contribution in [-0.2, 0) is 4.79 Å². The molecule has 7 nitrogen and oxygen atoms in total. The second kappa shape index (κ2) is 8.84. The average Bonchev–Trinajstić information content (AvgIpc) is 2.67. The highest BCUT2D eigenvalue weighted by Gasteiger charge is 2.21. The zero-order valence-electron chi connectivity index (χ0n) is 15.4. The van der Waals surface area contributed by atoms with E-state index in [-0.39, 0.29) is 18.4 Å². The summed E-state index contributed by atoms with van der Waals surface area (Å²) < 4.78 is 11.1. The summed E-state index contributed by atoms with van der Waals surface area (Å²) >= 11 is 6.21. The number of fused-ring (bicyclic) bond motifs is 1. The van der Waals surface area contributed by atoms with Crippen LogP contribution in [0.5, 0.6) is 11.5 Å². The van der Waals surface area contributed by atoms with Gasteiger partial charge in [-0.05, 0) is 36.2 Å². The van der Waals surface area contributed by atoms with Crippen LogP contribution in [0.1, 0.15) is 36.6 Å². The Labute approximate surface area is 168 Å². The Kier molecular flexibility index (Phi) is 6.26. The van der Waals surface area contributed by atoms with Crippen molar-refractivity contribution < 1.29 is 19.1 Å². The van der Waals surface area contributed by atoms with E-state index in [0.29, 0.717) is 35.3 Å². The fourth-order valence-electron chi connectivity index (χ4n) is 3.07. The Morgan fingerprint density at radius 1 is 1.11 bits per heavy atom. The number of hydrogen-bond donors (Lipinski definition) is 3. The van der Waals surface area contributed by atoms with Crippen LogP contribution >= 0.6 is 11.6 Å². The standard InChI is InChI=1S/C20H22ClN3O4/c1-12(13-6-7-17-18(10-13)28-9-8-27-17)23-19(25)11-16(24-20(22)26)14-4-2-3-5-15(14)21/h2-7,10,12,16H,8-9,11H2,1H3,(H,23,25)(H3,22,24,26). The van der Waals surface area contributed by atoms with Crippen LogP contribution < -0.4 is 25.8 Å². The third kappa shape index (κ3) is 4.86. The molecule has 0 saturated heterocycles. The number of rotatable bonds is 6. The summed E-state index contributed by atoms with van der Waals surface area (Å²) in [6, 6.07) is 11.0. The summed E-state index contributed by atoms with van der Waals surface area (Å²) in [4.78, 5) is 24.0. The predicted octanol–water partition coefficient (Wildman–Crippen LogP) is 3.09. The smallest absolute Gasteiger partial charge is 0.312 e. The van der Waals surface area contributed by atoms with Gasteiger partial charge in [-0.3, -0.25) is 4.79 Å². The molecule has 148 valence electrons. The maximum absolute atomic E-state index is 12.6. The van der Waals surface area contributed by atoms with Crippen molar-refractivity contribution in [1.82, 2.24) is 10.6 Å². The highest BCUT2D eigenvalue weighted by molar-refractivity contribution is 6.31. The van der Waals surface area contributed by atoms with Gasteiger partial charge in [0.1, 0.15) is 13.2 Å². The van der Waals surface area contributed by atoms with Crippen molar-refractivity contribution in [3.05, 3.63) is 58.6 Å². The molecule has 0 saturated carbocycles. The molecule has 0 spiro atoms. The predicted molar refractivity (Wildman–Crippen MR) is 106 cm³/mol. The number of primary amides is 1. The van der Waals surface area contributed by atoms with Crippen LogP contribution in [-0.4, -0.2) is 25.2 Å². The largest absolute Gasteiger partial charge is 0.486 e. The molecule has 2 aromatic rings. The quantitative estimate of drug-likeness (QED) is 0.689. The van der Waals surface area contributed by atoms with Gasteiger partial charge in [0, 0.05) is 5.02 Å². The summed E-state index contributed by atoms with van der Waals surface area (Å²) in [5.74, 6) is 1.10. The van der Waals surface area contributed by atoms with Crippen molar-refractivity contribution >= 4 is 23.5 Å². The van der Waals surface area contributed by atoms with Crippen molar-refractivity contribution in [3.8, 4) is 11.5 Å². The first-order valence-corrected chi connectivity index (χ1v) is 9.31.